The number of carboxylic acids is 1. The molecule has 1 aliphatic rings. The first-order chi connectivity index (χ1) is 8.91. The Bertz CT molecular complexity index is 358. The van der Waals surface area contributed by atoms with Crippen molar-refractivity contribution in [2.45, 2.75) is 58.9 Å². The van der Waals surface area contributed by atoms with Gasteiger partial charge in [0, 0.05) is 18.7 Å². The molecule has 0 saturated heterocycles. The van der Waals surface area contributed by atoms with E-state index in [9.17, 15) is 9.59 Å². The van der Waals surface area contributed by atoms with Crippen molar-refractivity contribution in [1.29, 1.82) is 0 Å². The van der Waals surface area contributed by atoms with E-state index >= 15 is 0 Å². The third-order valence-corrected chi connectivity index (χ3v) is 3.73. The number of carbonyl (C=O) groups is 2. The minimum Gasteiger partial charge on any atom is -0.481 e. The van der Waals surface area contributed by atoms with Gasteiger partial charge in [0.2, 0.25) is 5.91 Å². The van der Waals surface area contributed by atoms with Gasteiger partial charge in [-0.1, -0.05) is 25.3 Å². The van der Waals surface area contributed by atoms with E-state index in [4.69, 9.17) is 5.11 Å². The quantitative estimate of drug-likeness (QED) is 0.779. The first kappa shape index (κ1) is 15.7. The van der Waals surface area contributed by atoms with E-state index < -0.39 is 5.97 Å². The van der Waals surface area contributed by atoms with Crippen LogP contribution in [0, 0.1) is 5.92 Å². The van der Waals surface area contributed by atoms with Gasteiger partial charge in [-0.2, -0.15) is 0 Å². The van der Waals surface area contributed by atoms with Crippen molar-refractivity contribution >= 4 is 11.9 Å². The monoisotopic (exact) mass is 267 g/mol. The van der Waals surface area contributed by atoms with Crippen LogP contribution in [-0.4, -0.2) is 34.5 Å². The minimum absolute atomic E-state index is 0.0194. The highest BCUT2D eigenvalue weighted by molar-refractivity contribution is 5.88. The summed E-state index contributed by atoms with van der Waals surface area (Å²) in [7, 11) is 0. The molecule has 0 aromatic heterocycles. The Hall–Kier alpha value is -1.32. The molecule has 0 aromatic rings. The van der Waals surface area contributed by atoms with Crippen molar-refractivity contribution in [2.24, 2.45) is 5.92 Å². The maximum Gasteiger partial charge on any atom is 0.305 e. The van der Waals surface area contributed by atoms with Crippen LogP contribution in [0.25, 0.3) is 0 Å². The van der Waals surface area contributed by atoms with E-state index in [0.29, 0.717) is 12.5 Å². The van der Waals surface area contributed by atoms with Gasteiger partial charge in [-0.3, -0.25) is 9.59 Å². The summed E-state index contributed by atoms with van der Waals surface area (Å²) < 4.78 is 0. The molecular formula is C15H25NO3. The number of aliphatic carboxylic acids is 1. The second-order valence-corrected chi connectivity index (χ2v) is 5.73. The molecular weight excluding hydrogens is 242 g/mol. The van der Waals surface area contributed by atoms with Gasteiger partial charge in [0.25, 0.3) is 0 Å². The Kier molecular flexibility index (Phi) is 6.06. The molecule has 108 valence electrons. The van der Waals surface area contributed by atoms with E-state index in [0.717, 1.165) is 24.8 Å². The Balaban J connectivity index is 2.80. The fourth-order valence-electron chi connectivity index (χ4n) is 2.75. The second kappa shape index (κ2) is 7.31. The van der Waals surface area contributed by atoms with Crippen molar-refractivity contribution in [1.82, 2.24) is 4.90 Å². The molecule has 0 aliphatic heterocycles. The lowest BCUT2D eigenvalue weighted by Gasteiger charge is -2.38. The number of carbonyl (C=O) groups excluding carboxylic acids is 1. The molecule has 0 radical (unpaired) electrons. The Labute approximate surface area is 115 Å². The molecule has 1 aliphatic carbocycles. The van der Waals surface area contributed by atoms with Gasteiger partial charge in [-0.05, 0) is 32.6 Å². The lowest BCUT2D eigenvalue weighted by molar-refractivity contribution is -0.138. The second-order valence-electron chi connectivity index (χ2n) is 5.73. The normalized spacial score (nSPS) is 22.7. The third kappa shape index (κ3) is 5.05. The van der Waals surface area contributed by atoms with Gasteiger partial charge < -0.3 is 10.0 Å². The molecule has 1 N–H and O–H groups in total. The average Bonchev–Trinajstić information content (AvgIpc) is 2.30. The Morgan fingerprint density at radius 2 is 1.89 bits per heavy atom. The molecule has 2 atom stereocenters. The molecule has 1 rings (SSSR count). The van der Waals surface area contributed by atoms with Gasteiger partial charge in [0.1, 0.15) is 0 Å². The summed E-state index contributed by atoms with van der Waals surface area (Å²) in [6.45, 7) is 6.25. The van der Waals surface area contributed by atoms with E-state index in [1.807, 2.05) is 13.8 Å². The minimum atomic E-state index is -0.849. The number of allylic oxidation sites excluding steroid dienone is 1. The van der Waals surface area contributed by atoms with Crippen molar-refractivity contribution in [3.63, 3.8) is 0 Å². The van der Waals surface area contributed by atoms with E-state index in [1.165, 1.54) is 6.42 Å². The highest BCUT2D eigenvalue weighted by Gasteiger charge is 2.29. The zero-order valence-electron chi connectivity index (χ0n) is 12.2. The third-order valence-electron chi connectivity index (χ3n) is 3.73. The van der Waals surface area contributed by atoms with Gasteiger partial charge in [0.15, 0.2) is 0 Å². The summed E-state index contributed by atoms with van der Waals surface area (Å²) in [4.78, 5) is 24.8. The van der Waals surface area contributed by atoms with Crippen LogP contribution >= 0.6 is 0 Å². The number of nitrogens with zero attached hydrogens (tertiary/aromatic N) is 1. The zero-order valence-corrected chi connectivity index (χ0v) is 12.2. The molecule has 4 nitrogen and oxygen atoms in total. The molecule has 0 spiro atoms. The van der Waals surface area contributed by atoms with Crippen molar-refractivity contribution in [3.8, 4) is 0 Å². The molecule has 1 fully saturated rings. The number of hydrogen-bond acceptors (Lipinski definition) is 2. The van der Waals surface area contributed by atoms with E-state index in [-0.39, 0.29) is 18.4 Å². The van der Waals surface area contributed by atoms with Crippen LogP contribution in [0.5, 0.6) is 0 Å². The summed E-state index contributed by atoms with van der Waals surface area (Å²) in [6.07, 6.45) is 6.08. The first-order valence-electron chi connectivity index (χ1n) is 7.09. The van der Waals surface area contributed by atoms with Crippen LogP contribution in [0.15, 0.2) is 11.6 Å². The Morgan fingerprint density at radius 1 is 1.26 bits per heavy atom. The zero-order chi connectivity index (χ0) is 14.4. The van der Waals surface area contributed by atoms with Crippen LogP contribution < -0.4 is 0 Å². The molecule has 1 amide bonds. The van der Waals surface area contributed by atoms with Gasteiger partial charge in [-0.15, -0.1) is 0 Å². The predicted molar refractivity (Wildman–Crippen MR) is 74.8 cm³/mol. The molecule has 0 heterocycles. The fourth-order valence-corrected chi connectivity index (χ4v) is 2.75. The first-order valence-corrected chi connectivity index (χ1v) is 7.09. The number of rotatable bonds is 5. The molecule has 1 saturated carbocycles. The smallest absolute Gasteiger partial charge is 0.305 e. The Morgan fingerprint density at radius 3 is 2.42 bits per heavy atom. The largest absolute Gasteiger partial charge is 0.481 e. The van der Waals surface area contributed by atoms with Crippen LogP contribution in [0.2, 0.25) is 0 Å². The van der Waals surface area contributed by atoms with Crippen molar-refractivity contribution in [3.05, 3.63) is 11.6 Å². The maximum absolute atomic E-state index is 12.3. The number of hydrogen-bond donors (Lipinski definition) is 1. The van der Waals surface area contributed by atoms with Crippen molar-refractivity contribution in [2.75, 3.05) is 6.54 Å². The van der Waals surface area contributed by atoms with Crippen LogP contribution in [0.4, 0.5) is 0 Å². The highest BCUT2D eigenvalue weighted by Crippen LogP contribution is 2.28. The number of amides is 1. The molecule has 0 aromatic carbocycles. The van der Waals surface area contributed by atoms with Gasteiger partial charge >= 0.3 is 5.97 Å². The predicted octanol–water partition coefficient (Wildman–Crippen LogP) is 2.83. The summed E-state index contributed by atoms with van der Waals surface area (Å²) in [6, 6.07) is 0.191. The lowest BCUT2D eigenvalue weighted by atomic mass is 9.84. The molecule has 0 bridgehead atoms. The summed E-state index contributed by atoms with van der Waals surface area (Å²) in [5.41, 5.74) is 0.953. The highest BCUT2D eigenvalue weighted by atomic mass is 16.4. The SMILES string of the molecule is CC(C)=CC(=O)N(CCC(=O)O)C1CCCCC1C. The summed E-state index contributed by atoms with van der Waals surface area (Å²) >= 11 is 0. The van der Waals surface area contributed by atoms with E-state index in [2.05, 4.69) is 6.92 Å². The van der Waals surface area contributed by atoms with Gasteiger partial charge in [-0.25, -0.2) is 0 Å². The molecule has 4 heteroatoms. The van der Waals surface area contributed by atoms with Crippen LogP contribution in [0.3, 0.4) is 0 Å². The molecule has 19 heavy (non-hydrogen) atoms. The summed E-state index contributed by atoms with van der Waals surface area (Å²) in [5, 5.41) is 8.84. The molecule has 2 unspecified atom stereocenters. The number of carboxylic acid groups (broad SMARTS) is 1. The summed E-state index contributed by atoms with van der Waals surface area (Å²) in [5.74, 6) is -0.435. The standard InChI is InChI=1S/C15H25NO3/c1-11(2)10-14(17)16(9-8-15(18)19)13-7-5-4-6-12(13)3/h10,12-13H,4-9H2,1-3H3,(H,18,19). The lowest BCUT2D eigenvalue weighted by Crippen LogP contribution is -2.45. The van der Waals surface area contributed by atoms with Crippen LogP contribution in [0.1, 0.15) is 52.9 Å². The van der Waals surface area contributed by atoms with Crippen LogP contribution in [-0.2, 0) is 9.59 Å². The van der Waals surface area contributed by atoms with E-state index in [1.54, 1.807) is 11.0 Å². The topological polar surface area (TPSA) is 57.6 Å². The average molecular weight is 267 g/mol. The van der Waals surface area contributed by atoms with Crippen molar-refractivity contribution < 1.29 is 14.7 Å². The maximum atomic E-state index is 12.3. The fraction of sp³-hybridized carbons (Fsp3) is 0.733. The van der Waals surface area contributed by atoms with Gasteiger partial charge in [0.05, 0.1) is 6.42 Å².